The fraction of sp³-hybridized carbons (Fsp3) is 0.571. The third-order valence-electron chi connectivity index (χ3n) is 3.97. The summed E-state index contributed by atoms with van der Waals surface area (Å²) in [5.41, 5.74) is 7.36. The summed E-state index contributed by atoms with van der Waals surface area (Å²) in [6.07, 6.45) is 0.476. The molecule has 2 nitrogen and oxygen atoms in total. The van der Waals surface area contributed by atoms with Gasteiger partial charge in [-0.05, 0) is 25.8 Å². The Kier molecular flexibility index (Phi) is 3.57. The van der Waals surface area contributed by atoms with Gasteiger partial charge in [0, 0.05) is 17.5 Å². The Labute approximate surface area is 106 Å². The van der Waals surface area contributed by atoms with E-state index in [0.717, 1.165) is 30.4 Å². The molecule has 4 heteroatoms. The van der Waals surface area contributed by atoms with Crippen LogP contribution in [0.4, 0.5) is 8.78 Å². The van der Waals surface area contributed by atoms with Gasteiger partial charge in [0.1, 0.15) is 5.75 Å². The van der Waals surface area contributed by atoms with Gasteiger partial charge in [0.15, 0.2) is 0 Å². The summed E-state index contributed by atoms with van der Waals surface area (Å²) in [6.45, 7) is 2.31. The molecule has 1 aliphatic rings. The minimum absolute atomic E-state index is 0.0211. The van der Waals surface area contributed by atoms with Crippen molar-refractivity contribution in [2.24, 2.45) is 5.73 Å². The summed E-state index contributed by atoms with van der Waals surface area (Å²) in [6, 6.07) is 3.44. The van der Waals surface area contributed by atoms with Crippen LogP contribution in [0.1, 0.15) is 42.4 Å². The van der Waals surface area contributed by atoms with E-state index in [2.05, 4.69) is 0 Å². The molecule has 100 valence electrons. The van der Waals surface area contributed by atoms with Gasteiger partial charge >= 0.3 is 0 Å². The Hall–Kier alpha value is -1.16. The second-order valence-corrected chi connectivity index (χ2v) is 5.07. The highest BCUT2D eigenvalue weighted by Crippen LogP contribution is 2.48. The number of halogens is 2. The summed E-state index contributed by atoms with van der Waals surface area (Å²) in [7, 11) is 1.45. The summed E-state index contributed by atoms with van der Waals surface area (Å²) in [4.78, 5) is 0. The number of aryl methyl sites for hydroxylation is 1. The van der Waals surface area contributed by atoms with E-state index in [9.17, 15) is 8.78 Å². The molecule has 0 bridgehead atoms. The molecule has 0 spiro atoms. The molecule has 2 rings (SSSR count). The SMILES string of the molecule is COc1c(C(F)F)cc(C)cc1C1(CN)CCC1. The molecule has 1 aliphatic carbocycles. The van der Waals surface area contributed by atoms with Crippen LogP contribution in [0.25, 0.3) is 0 Å². The maximum absolute atomic E-state index is 13.1. The number of benzene rings is 1. The molecule has 18 heavy (non-hydrogen) atoms. The van der Waals surface area contributed by atoms with E-state index < -0.39 is 6.43 Å². The van der Waals surface area contributed by atoms with Crippen LogP contribution in [0.3, 0.4) is 0 Å². The molecular formula is C14H19F2NO. The quantitative estimate of drug-likeness (QED) is 0.895. The first-order valence-corrected chi connectivity index (χ1v) is 6.21. The number of methoxy groups -OCH3 is 1. The normalized spacial score (nSPS) is 17.7. The number of rotatable bonds is 4. The molecule has 0 aromatic heterocycles. The first-order valence-electron chi connectivity index (χ1n) is 6.21. The highest BCUT2D eigenvalue weighted by Gasteiger charge is 2.40. The molecule has 0 radical (unpaired) electrons. The number of ether oxygens (including phenoxy) is 1. The third kappa shape index (κ3) is 1.99. The van der Waals surface area contributed by atoms with Crippen LogP contribution in [0.2, 0.25) is 0 Å². The van der Waals surface area contributed by atoms with Gasteiger partial charge in [-0.25, -0.2) is 8.78 Å². The highest BCUT2D eigenvalue weighted by molar-refractivity contribution is 5.50. The lowest BCUT2D eigenvalue weighted by atomic mass is 9.63. The van der Waals surface area contributed by atoms with Crippen LogP contribution in [0.15, 0.2) is 12.1 Å². The standard InChI is InChI=1S/C14H19F2NO/c1-9-6-10(13(15)16)12(18-2)11(7-9)14(8-17)4-3-5-14/h6-7,13H,3-5,8,17H2,1-2H3. The predicted octanol–water partition coefficient (Wildman–Crippen LogP) is 3.32. The van der Waals surface area contributed by atoms with Crippen molar-refractivity contribution in [3.63, 3.8) is 0 Å². The molecule has 1 fully saturated rings. The zero-order chi connectivity index (χ0) is 13.3. The second kappa shape index (κ2) is 4.84. The van der Waals surface area contributed by atoms with Gasteiger partial charge < -0.3 is 10.5 Å². The van der Waals surface area contributed by atoms with Crippen molar-refractivity contribution in [2.75, 3.05) is 13.7 Å². The lowest BCUT2D eigenvalue weighted by Crippen LogP contribution is -2.42. The van der Waals surface area contributed by atoms with E-state index >= 15 is 0 Å². The monoisotopic (exact) mass is 255 g/mol. The van der Waals surface area contributed by atoms with E-state index in [0.29, 0.717) is 12.3 Å². The first-order chi connectivity index (χ1) is 8.54. The zero-order valence-electron chi connectivity index (χ0n) is 10.8. The molecule has 1 aromatic rings. The summed E-state index contributed by atoms with van der Waals surface area (Å²) >= 11 is 0. The van der Waals surface area contributed by atoms with Crippen molar-refractivity contribution in [3.05, 3.63) is 28.8 Å². The summed E-state index contributed by atoms with van der Waals surface area (Å²) < 4.78 is 31.4. The maximum Gasteiger partial charge on any atom is 0.267 e. The third-order valence-corrected chi connectivity index (χ3v) is 3.97. The number of hydrogen-bond acceptors (Lipinski definition) is 2. The van der Waals surface area contributed by atoms with Gasteiger partial charge in [0.2, 0.25) is 0 Å². The fourth-order valence-electron chi connectivity index (χ4n) is 2.77. The first kappa shape index (κ1) is 13.3. The molecule has 0 aliphatic heterocycles. The van der Waals surface area contributed by atoms with Gasteiger partial charge in [-0.3, -0.25) is 0 Å². The van der Waals surface area contributed by atoms with Crippen LogP contribution in [0, 0.1) is 6.92 Å². The molecule has 0 unspecified atom stereocenters. The average molecular weight is 255 g/mol. The smallest absolute Gasteiger partial charge is 0.267 e. The largest absolute Gasteiger partial charge is 0.496 e. The number of nitrogens with two attached hydrogens (primary N) is 1. The highest BCUT2D eigenvalue weighted by atomic mass is 19.3. The summed E-state index contributed by atoms with van der Waals surface area (Å²) in [5, 5.41) is 0. The van der Waals surface area contributed by atoms with Crippen molar-refractivity contribution in [1.82, 2.24) is 0 Å². The van der Waals surface area contributed by atoms with Gasteiger partial charge in [0.25, 0.3) is 6.43 Å². The Balaban J connectivity index is 2.58. The predicted molar refractivity (Wildman–Crippen MR) is 67.3 cm³/mol. The maximum atomic E-state index is 13.1. The van der Waals surface area contributed by atoms with E-state index in [-0.39, 0.29) is 11.0 Å². The molecule has 0 amide bonds. The molecule has 1 aromatic carbocycles. The van der Waals surface area contributed by atoms with Crippen LogP contribution in [0.5, 0.6) is 5.75 Å². The Morgan fingerprint density at radius 3 is 2.44 bits per heavy atom. The van der Waals surface area contributed by atoms with Crippen molar-refractivity contribution >= 4 is 0 Å². The van der Waals surface area contributed by atoms with Crippen molar-refractivity contribution < 1.29 is 13.5 Å². The lowest BCUT2D eigenvalue weighted by Gasteiger charge is -2.42. The van der Waals surface area contributed by atoms with Crippen LogP contribution in [-0.4, -0.2) is 13.7 Å². The molecule has 0 saturated heterocycles. The van der Waals surface area contributed by atoms with Gasteiger partial charge in [-0.15, -0.1) is 0 Å². The Bertz CT molecular complexity index is 436. The van der Waals surface area contributed by atoms with E-state index in [1.54, 1.807) is 0 Å². The Morgan fingerprint density at radius 2 is 2.06 bits per heavy atom. The van der Waals surface area contributed by atoms with Gasteiger partial charge in [0.05, 0.1) is 12.7 Å². The van der Waals surface area contributed by atoms with Gasteiger partial charge in [-0.1, -0.05) is 18.1 Å². The molecule has 0 heterocycles. The van der Waals surface area contributed by atoms with Crippen LogP contribution >= 0.6 is 0 Å². The Morgan fingerprint density at radius 1 is 1.39 bits per heavy atom. The molecule has 0 atom stereocenters. The van der Waals surface area contributed by atoms with Crippen LogP contribution in [-0.2, 0) is 5.41 Å². The van der Waals surface area contributed by atoms with Crippen LogP contribution < -0.4 is 10.5 Å². The summed E-state index contributed by atoms with van der Waals surface area (Å²) in [5.74, 6) is 0.320. The van der Waals surface area contributed by atoms with Crippen molar-refractivity contribution in [3.8, 4) is 5.75 Å². The molecule has 1 saturated carbocycles. The minimum Gasteiger partial charge on any atom is -0.496 e. The van der Waals surface area contributed by atoms with Crippen molar-refractivity contribution in [2.45, 2.75) is 38.0 Å². The van der Waals surface area contributed by atoms with Gasteiger partial charge in [-0.2, -0.15) is 0 Å². The van der Waals surface area contributed by atoms with E-state index in [1.807, 2.05) is 13.0 Å². The second-order valence-electron chi connectivity index (χ2n) is 5.07. The van der Waals surface area contributed by atoms with Crippen molar-refractivity contribution in [1.29, 1.82) is 0 Å². The van der Waals surface area contributed by atoms with E-state index in [4.69, 9.17) is 10.5 Å². The fourth-order valence-corrected chi connectivity index (χ4v) is 2.77. The number of alkyl halides is 2. The molecule has 2 N–H and O–H groups in total. The number of hydrogen-bond donors (Lipinski definition) is 1. The molecular weight excluding hydrogens is 236 g/mol. The lowest BCUT2D eigenvalue weighted by molar-refractivity contribution is 0.145. The zero-order valence-corrected chi connectivity index (χ0v) is 10.8. The van der Waals surface area contributed by atoms with E-state index in [1.165, 1.54) is 13.2 Å². The average Bonchev–Trinajstić information content (AvgIpc) is 2.27. The minimum atomic E-state index is -2.52. The topological polar surface area (TPSA) is 35.2 Å².